The summed E-state index contributed by atoms with van der Waals surface area (Å²) in [6.07, 6.45) is 1.78. The Kier molecular flexibility index (Phi) is 6.62. The predicted octanol–water partition coefficient (Wildman–Crippen LogP) is 2.00. The molecule has 1 aromatic heterocycles. The number of hydrogen-bond donors (Lipinski definition) is 2. The third-order valence-electron chi connectivity index (χ3n) is 2.99. The van der Waals surface area contributed by atoms with Crippen LogP contribution < -0.4 is 15.4 Å². The summed E-state index contributed by atoms with van der Waals surface area (Å²) in [6.45, 7) is 5.29. The number of anilines is 1. The number of amides is 1. The molecule has 1 heterocycles. The fourth-order valence-corrected chi connectivity index (χ4v) is 2.10. The monoisotopic (exact) mass is 348 g/mol. The average Bonchev–Trinajstić information content (AvgIpc) is 3.00. The Morgan fingerprint density at radius 2 is 2.17 bits per heavy atom. The van der Waals surface area contributed by atoms with Crippen molar-refractivity contribution in [1.82, 2.24) is 25.5 Å². The van der Waals surface area contributed by atoms with Crippen LogP contribution in [0.2, 0.25) is 0 Å². The summed E-state index contributed by atoms with van der Waals surface area (Å²) in [7, 11) is 0. The van der Waals surface area contributed by atoms with Crippen LogP contribution >= 0.6 is 12.2 Å². The van der Waals surface area contributed by atoms with Gasteiger partial charge in [-0.15, -0.1) is 0 Å². The number of nitrogens with zero attached hydrogens (tertiary/aromatic N) is 4. The molecular formula is C15H20N6O2S. The van der Waals surface area contributed by atoms with Crippen molar-refractivity contribution >= 4 is 29.2 Å². The van der Waals surface area contributed by atoms with E-state index in [4.69, 9.17) is 17.0 Å². The molecule has 0 atom stereocenters. The standard InChI is InChI=1S/C15H20N6O2S/c1-3-8-21-14(18-19-20-21)17-15(24)16-13(22)11-6-5-7-12(10-11)23-9-4-2/h5-7,10H,3-4,8-9H2,1-2H3,(H2,16,17,18,20,22,24). The summed E-state index contributed by atoms with van der Waals surface area (Å²) >= 11 is 5.14. The molecule has 0 saturated heterocycles. The molecule has 0 aliphatic rings. The first-order chi connectivity index (χ1) is 11.6. The van der Waals surface area contributed by atoms with Gasteiger partial charge in [-0.05, 0) is 53.7 Å². The lowest BCUT2D eigenvalue weighted by molar-refractivity contribution is 0.0977. The first-order valence-electron chi connectivity index (χ1n) is 7.75. The maximum Gasteiger partial charge on any atom is 0.257 e. The smallest absolute Gasteiger partial charge is 0.257 e. The molecule has 0 fully saturated rings. The van der Waals surface area contributed by atoms with E-state index in [-0.39, 0.29) is 11.0 Å². The summed E-state index contributed by atoms with van der Waals surface area (Å²) in [6, 6.07) is 6.94. The second-order valence-electron chi connectivity index (χ2n) is 5.01. The van der Waals surface area contributed by atoms with Crippen molar-refractivity contribution in [2.45, 2.75) is 33.2 Å². The summed E-state index contributed by atoms with van der Waals surface area (Å²) in [5.74, 6) is 0.710. The Bertz CT molecular complexity index is 703. The third kappa shape index (κ3) is 4.98. The molecule has 2 N–H and O–H groups in total. The minimum absolute atomic E-state index is 0.132. The molecule has 0 aliphatic carbocycles. The topological polar surface area (TPSA) is 94.0 Å². The molecule has 24 heavy (non-hydrogen) atoms. The highest BCUT2D eigenvalue weighted by molar-refractivity contribution is 7.80. The summed E-state index contributed by atoms with van der Waals surface area (Å²) in [5, 5.41) is 16.8. The van der Waals surface area contributed by atoms with E-state index in [1.165, 1.54) is 0 Å². The van der Waals surface area contributed by atoms with Crippen molar-refractivity contribution in [1.29, 1.82) is 0 Å². The normalized spacial score (nSPS) is 10.2. The fraction of sp³-hybridized carbons (Fsp3) is 0.400. The van der Waals surface area contributed by atoms with E-state index in [1.54, 1.807) is 22.9 Å². The minimum atomic E-state index is -0.330. The highest BCUT2D eigenvalue weighted by atomic mass is 32.1. The van der Waals surface area contributed by atoms with E-state index in [0.29, 0.717) is 30.4 Å². The molecule has 8 nitrogen and oxygen atoms in total. The molecule has 0 saturated carbocycles. The van der Waals surface area contributed by atoms with Crippen molar-refractivity contribution in [3.05, 3.63) is 29.8 Å². The van der Waals surface area contributed by atoms with Crippen LogP contribution in [0.1, 0.15) is 37.0 Å². The first kappa shape index (κ1) is 17.8. The van der Waals surface area contributed by atoms with E-state index < -0.39 is 0 Å². The quantitative estimate of drug-likeness (QED) is 0.739. The maximum atomic E-state index is 12.3. The number of ether oxygens (including phenoxy) is 1. The number of hydrogen-bond acceptors (Lipinski definition) is 6. The van der Waals surface area contributed by atoms with Crippen LogP contribution in [0, 0.1) is 0 Å². The van der Waals surface area contributed by atoms with Crippen molar-refractivity contribution in [3.8, 4) is 5.75 Å². The van der Waals surface area contributed by atoms with Gasteiger partial charge in [0.15, 0.2) is 5.11 Å². The van der Waals surface area contributed by atoms with Gasteiger partial charge in [0, 0.05) is 12.1 Å². The minimum Gasteiger partial charge on any atom is -0.494 e. The van der Waals surface area contributed by atoms with Crippen LogP contribution in [-0.4, -0.2) is 37.8 Å². The number of aryl methyl sites for hydroxylation is 1. The lowest BCUT2D eigenvalue weighted by Gasteiger charge is -2.10. The van der Waals surface area contributed by atoms with Gasteiger partial charge in [0.25, 0.3) is 5.91 Å². The van der Waals surface area contributed by atoms with Crippen LogP contribution in [0.5, 0.6) is 5.75 Å². The molecule has 0 unspecified atom stereocenters. The Labute approximate surface area is 145 Å². The average molecular weight is 348 g/mol. The van der Waals surface area contributed by atoms with E-state index in [2.05, 4.69) is 26.2 Å². The van der Waals surface area contributed by atoms with E-state index >= 15 is 0 Å². The zero-order valence-electron chi connectivity index (χ0n) is 13.7. The molecule has 2 aromatic rings. The lowest BCUT2D eigenvalue weighted by Crippen LogP contribution is -2.35. The van der Waals surface area contributed by atoms with Gasteiger partial charge in [-0.25, -0.2) is 4.68 Å². The zero-order valence-corrected chi connectivity index (χ0v) is 14.5. The third-order valence-corrected chi connectivity index (χ3v) is 3.19. The molecular weight excluding hydrogens is 328 g/mol. The van der Waals surface area contributed by atoms with Gasteiger partial charge < -0.3 is 4.74 Å². The van der Waals surface area contributed by atoms with Crippen molar-refractivity contribution in [3.63, 3.8) is 0 Å². The lowest BCUT2D eigenvalue weighted by atomic mass is 10.2. The Hall–Kier alpha value is -2.55. The first-order valence-corrected chi connectivity index (χ1v) is 8.16. The zero-order chi connectivity index (χ0) is 17.4. The van der Waals surface area contributed by atoms with E-state index in [1.807, 2.05) is 19.9 Å². The van der Waals surface area contributed by atoms with Crippen molar-refractivity contribution < 1.29 is 9.53 Å². The molecule has 0 radical (unpaired) electrons. The highest BCUT2D eigenvalue weighted by Crippen LogP contribution is 2.13. The van der Waals surface area contributed by atoms with Gasteiger partial charge in [-0.3, -0.25) is 15.4 Å². The van der Waals surface area contributed by atoms with Crippen molar-refractivity contribution in [2.75, 3.05) is 11.9 Å². The Balaban J connectivity index is 1.96. The summed E-state index contributed by atoms with van der Waals surface area (Å²) in [4.78, 5) is 12.3. The van der Waals surface area contributed by atoms with Crippen LogP contribution in [0.3, 0.4) is 0 Å². The number of benzene rings is 1. The maximum absolute atomic E-state index is 12.3. The molecule has 0 aliphatic heterocycles. The number of carbonyl (C=O) groups excluding carboxylic acids is 1. The van der Waals surface area contributed by atoms with Gasteiger partial charge in [-0.1, -0.05) is 25.0 Å². The van der Waals surface area contributed by atoms with Gasteiger partial charge in [-0.2, -0.15) is 0 Å². The van der Waals surface area contributed by atoms with Gasteiger partial charge in [0.2, 0.25) is 5.95 Å². The summed E-state index contributed by atoms with van der Waals surface area (Å²) < 4.78 is 7.10. The number of thiocarbonyl (C=S) groups is 1. The molecule has 2 rings (SSSR count). The largest absolute Gasteiger partial charge is 0.494 e. The molecule has 0 spiro atoms. The Morgan fingerprint density at radius 1 is 1.33 bits per heavy atom. The molecule has 1 amide bonds. The number of nitrogens with one attached hydrogen (secondary N) is 2. The molecule has 0 bridgehead atoms. The number of carbonyl (C=O) groups is 1. The molecule has 128 valence electrons. The number of tetrazole rings is 1. The molecule has 1 aromatic carbocycles. The van der Waals surface area contributed by atoms with Gasteiger partial charge in [0.1, 0.15) is 5.75 Å². The van der Waals surface area contributed by atoms with Gasteiger partial charge >= 0.3 is 0 Å². The number of aromatic nitrogens is 4. The van der Waals surface area contributed by atoms with E-state index in [0.717, 1.165) is 12.8 Å². The second kappa shape index (κ2) is 8.92. The fourth-order valence-electron chi connectivity index (χ4n) is 1.91. The van der Waals surface area contributed by atoms with Crippen LogP contribution in [-0.2, 0) is 6.54 Å². The molecule has 9 heteroatoms. The van der Waals surface area contributed by atoms with Crippen LogP contribution in [0.4, 0.5) is 5.95 Å². The number of rotatable bonds is 7. The van der Waals surface area contributed by atoms with Crippen LogP contribution in [0.25, 0.3) is 0 Å². The predicted molar refractivity (Wildman–Crippen MR) is 94.0 cm³/mol. The second-order valence-corrected chi connectivity index (χ2v) is 5.42. The SMILES string of the molecule is CCCOc1cccc(C(=O)NC(=S)Nc2nnnn2CCC)c1. The van der Waals surface area contributed by atoms with Gasteiger partial charge in [0.05, 0.1) is 6.61 Å². The summed E-state index contributed by atoms with van der Waals surface area (Å²) in [5.41, 5.74) is 0.459. The van der Waals surface area contributed by atoms with Crippen LogP contribution in [0.15, 0.2) is 24.3 Å². The van der Waals surface area contributed by atoms with Crippen molar-refractivity contribution in [2.24, 2.45) is 0 Å². The highest BCUT2D eigenvalue weighted by Gasteiger charge is 2.12. The van der Waals surface area contributed by atoms with E-state index in [9.17, 15) is 4.79 Å². The Morgan fingerprint density at radius 3 is 2.92 bits per heavy atom.